The van der Waals surface area contributed by atoms with Gasteiger partial charge in [-0.1, -0.05) is 52.0 Å². The summed E-state index contributed by atoms with van der Waals surface area (Å²) < 4.78 is 2.36. The van der Waals surface area contributed by atoms with Crippen LogP contribution >= 0.6 is 0 Å². The topological polar surface area (TPSA) is 16.8 Å². The van der Waals surface area contributed by atoms with Gasteiger partial charge in [0.25, 0.3) is 0 Å². The number of hydrogen-bond acceptors (Lipinski definition) is 1. The maximum atomic E-state index is 4.94. The van der Waals surface area contributed by atoms with Crippen molar-refractivity contribution in [3.63, 3.8) is 0 Å². The van der Waals surface area contributed by atoms with Crippen LogP contribution in [0.1, 0.15) is 55.8 Å². The highest BCUT2D eigenvalue weighted by molar-refractivity contribution is 5.85. The third-order valence-electron chi connectivity index (χ3n) is 7.16. The van der Waals surface area contributed by atoms with Gasteiger partial charge in [-0.05, 0) is 66.6 Å². The number of pyridine rings is 2. The normalized spacial score (nSPS) is 14.1. The maximum Gasteiger partial charge on any atom is 0.213 e. The molecule has 0 unspecified atom stereocenters. The van der Waals surface area contributed by atoms with Crippen LogP contribution in [-0.4, -0.2) is 4.98 Å². The molecule has 162 valence electrons. The number of aryl methyl sites for hydroxylation is 3. The van der Waals surface area contributed by atoms with Gasteiger partial charge in [-0.15, -0.1) is 0 Å². The Morgan fingerprint density at radius 1 is 0.906 bits per heavy atom. The standard InChI is InChI=1S/C30H33N2/c1-18(2)15-21-9-8-10-27-22(21)13-14-28(32(27)7)24-17-25-23-12-11-20(4)31-29(23)30(5,6)26(25)16-19(24)3/h8-14,16-18H,15H2,1-7H3/q+1. The summed E-state index contributed by atoms with van der Waals surface area (Å²) in [6.07, 6.45) is 1.10. The number of fused-ring (bicyclic) bond motifs is 4. The molecule has 0 aliphatic heterocycles. The fraction of sp³-hybridized carbons (Fsp3) is 0.333. The third-order valence-corrected chi connectivity index (χ3v) is 7.16. The first kappa shape index (κ1) is 20.9. The van der Waals surface area contributed by atoms with Crippen molar-refractivity contribution in [2.75, 3.05) is 0 Å². The molecule has 0 spiro atoms. The summed E-state index contributed by atoms with van der Waals surface area (Å²) in [5.74, 6) is 0.644. The summed E-state index contributed by atoms with van der Waals surface area (Å²) in [7, 11) is 2.20. The lowest BCUT2D eigenvalue weighted by atomic mass is 9.83. The summed E-state index contributed by atoms with van der Waals surface area (Å²) >= 11 is 0. The van der Waals surface area contributed by atoms with Gasteiger partial charge in [-0.3, -0.25) is 4.98 Å². The van der Waals surface area contributed by atoms with E-state index in [1.165, 1.54) is 55.7 Å². The molecule has 5 rings (SSSR count). The monoisotopic (exact) mass is 421 g/mol. The molecular weight excluding hydrogens is 388 g/mol. The van der Waals surface area contributed by atoms with Crippen LogP contribution < -0.4 is 4.57 Å². The van der Waals surface area contributed by atoms with Crippen LogP contribution in [0.3, 0.4) is 0 Å². The summed E-state index contributed by atoms with van der Waals surface area (Å²) in [4.78, 5) is 4.94. The van der Waals surface area contributed by atoms with Gasteiger partial charge in [0.2, 0.25) is 11.2 Å². The molecular formula is C30H33N2+. The fourth-order valence-electron chi connectivity index (χ4n) is 5.48. The molecule has 1 aliphatic rings. The summed E-state index contributed by atoms with van der Waals surface area (Å²) in [6, 6.07) is 20.5. The van der Waals surface area contributed by atoms with E-state index in [9.17, 15) is 0 Å². The van der Waals surface area contributed by atoms with Crippen LogP contribution in [-0.2, 0) is 18.9 Å². The zero-order valence-corrected chi connectivity index (χ0v) is 20.4. The smallest absolute Gasteiger partial charge is 0.213 e. The highest BCUT2D eigenvalue weighted by Crippen LogP contribution is 2.49. The van der Waals surface area contributed by atoms with E-state index in [2.05, 4.69) is 108 Å². The van der Waals surface area contributed by atoms with Gasteiger partial charge in [0, 0.05) is 39.8 Å². The van der Waals surface area contributed by atoms with Crippen molar-refractivity contribution in [2.45, 2.75) is 53.4 Å². The summed E-state index contributed by atoms with van der Waals surface area (Å²) in [6.45, 7) is 13.5. The molecule has 2 heterocycles. The van der Waals surface area contributed by atoms with E-state index in [1.807, 2.05) is 0 Å². The number of benzene rings is 2. The lowest BCUT2D eigenvalue weighted by molar-refractivity contribution is -0.633. The van der Waals surface area contributed by atoms with Crippen LogP contribution in [0.2, 0.25) is 0 Å². The van der Waals surface area contributed by atoms with Crippen molar-refractivity contribution in [3.8, 4) is 22.4 Å². The van der Waals surface area contributed by atoms with Gasteiger partial charge >= 0.3 is 0 Å². The van der Waals surface area contributed by atoms with Gasteiger partial charge in [-0.2, -0.15) is 4.57 Å². The molecule has 0 radical (unpaired) electrons. The van der Waals surface area contributed by atoms with Crippen molar-refractivity contribution >= 4 is 10.9 Å². The van der Waals surface area contributed by atoms with Crippen LogP contribution in [0.4, 0.5) is 0 Å². The Bertz CT molecular complexity index is 1380. The molecule has 2 heteroatoms. The third kappa shape index (κ3) is 3.08. The Balaban J connectivity index is 1.72. The minimum atomic E-state index is -0.0721. The van der Waals surface area contributed by atoms with E-state index >= 15 is 0 Å². The second-order valence-corrected chi connectivity index (χ2v) is 10.4. The highest BCUT2D eigenvalue weighted by atomic mass is 14.9. The van der Waals surface area contributed by atoms with Crippen LogP contribution in [0.25, 0.3) is 33.3 Å². The molecule has 0 bridgehead atoms. The Morgan fingerprint density at radius 2 is 1.69 bits per heavy atom. The predicted octanol–water partition coefficient (Wildman–Crippen LogP) is 6.85. The van der Waals surface area contributed by atoms with E-state index < -0.39 is 0 Å². The van der Waals surface area contributed by atoms with E-state index in [0.717, 1.165) is 12.1 Å². The Labute approximate surface area is 192 Å². The molecule has 4 aromatic rings. The molecule has 2 aromatic carbocycles. The highest BCUT2D eigenvalue weighted by Gasteiger charge is 2.38. The first-order valence-corrected chi connectivity index (χ1v) is 11.7. The SMILES string of the molecule is Cc1ccc2c(n1)C(C)(C)c1cc(C)c(-c3ccc4c(CC(C)C)cccc4[n+]3C)cc1-2. The maximum absolute atomic E-state index is 4.94. The van der Waals surface area contributed by atoms with E-state index in [-0.39, 0.29) is 5.41 Å². The minimum Gasteiger partial charge on any atom is -0.257 e. The van der Waals surface area contributed by atoms with E-state index in [1.54, 1.807) is 0 Å². The molecule has 0 atom stereocenters. The van der Waals surface area contributed by atoms with Crippen LogP contribution in [0.5, 0.6) is 0 Å². The lowest BCUT2D eigenvalue weighted by Crippen LogP contribution is -2.32. The molecule has 2 aromatic heterocycles. The van der Waals surface area contributed by atoms with Gasteiger partial charge in [0.05, 0.1) is 5.69 Å². The largest absolute Gasteiger partial charge is 0.257 e. The van der Waals surface area contributed by atoms with Crippen molar-refractivity contribution in [3.05, 3.63) is 82.7 Å². The van der Waals surface area contributed by atoms with Gasteiger partial charge in [0.1, 0.15) is 7.05 Å². The van der Waals surface area contributed by atoms with Crippen LogP contribution in [0, 0.1) is 19.8 Å². The first-order chi connectivity index (χ1) is 15.2. The van der Waals surface area contributed by atoms with Gasteiger partial charge in [-0.25, -0.2) is 0 Å². The predicted molar refractivity (Wildman–Crippen MR) is 134 cm³/mol. The average Bonchev–Trinajstić information content (AvgIpc) is 2.94. The Morgan fingerprint density at radius 3 is 2.44 bits per heavy atom. The molecule has 2 nitrogen and oxygen atoms in total. The lowest BCUT2D eigenvalue weighted by Gasteiger charge is -2.21. The summed E-state index contributed by atoms with van der Waals surface area (Å²) in [5.41, 5.74) is 12.8. The average molecular weight is 422 g/mol. The first-order valence-electron chi connectivity index (χ1n) is 11.7. The van der Waals surface area contributed by atoms with Crippen LogP contribution in [0.15, 0.2) is 54.6 Å². The fourth-order valence-corrected chi connectivity index (χ4v) is 5.48. The number of nitrogens with zero attached hydrogens (tertiary/aromatic N) is 2. The van der Waals surface area contributed by atoms with E-state index in [4.69, 9.17) is 4.98 Å². The number of aromatic nitrogens is 2. The van der Waals surface area contributed by atoms with Crippen molar-refractivity contribution in [1.29, 1.82) is 0 Å². The van der Waals surface area contributed by atoms with Crippen molar-refractivity contribution < 1.29 is 4.57 Å². The molecule has 1 aliphatic carbocycles. The van der Waals surface area contributed by atoms with Crippen molar-refractivity contribution in [2.24, 2.45) is 13.0 Å². The zero-order valence-electron chi connectivity index (χ0n) is 20.4. The summed E-state index contributed by atoms with van der Waals surface area (Å²) in [5, 5.41) is 1.36. The number of hydrogen-bond donors (Lipinski definition) is 0. The molecule has 0 amide bonds. The molecule has 0 saturated carbocycles. The quantitative estimate of drug-likeness (QED) is 0.331. The number of rotatable bonds is 3. The van der Waals surface area contributed by atoms with Crippen molar-refractivity contribution in [1.82, 2.24) is 4.98 Å². The Kier molecular flexibility index (Phi) is 4.74. The van der Waals surface area contributed by atoms with Gasteiger partial charge in [0.15, 0.2) is 0 Å². The van der Waals surface area contributed by atoms with E-state index in [0.29, 0.717) is 5.92 Å². The Hall–Kier alpha value is -3.00. The minimum absolute atomic E-state index is 0.0721. The molecule has 0 fully saturated rings. The molecule has 32 heavy (non-hydrogen) atoms. The second-order valence-electron chi connectivity index (χ2n) is 10.4. The molecule has 0 N–H and O–H groups in total. The molecule has 0 saturated heterocycles. The zero-order chi connectivity index (χ0) is 22.8. The second kappa shape index (κ2) is 7.27. The van der Waals surface area contributed by atoms with Gasteiger partial charge < -0.3 is 0 Å².